The first-order valence-electron chi connectivity index (χ1n) is 14.4. The van der Waals surface area contributed by atoms with Gasteiger partial charge in [-0.05, 0) is 48.1 Å². The molecule has 0 saturated carbocycles. The summed E-state index contributed by atoms with van der Waals surface area (Å²) in [6, 6.07) is 42.7. The van der Waals surface area contributed by atoms with Crippen LogP contribution in [0, 0.1) is 13.8 Å². The van der Waals surface area contributed by atoms with Gasteiger partial charge in [-0.1, -0.05) is 121 Å². The summed E-state index contributed by atoms with van der Waals surface area (Å²) in [5.41, 5.74) is 9.53. The zero-order chi connectivity index (χ0) is 28.0. The topological polar surface area (TPSA) is 34.0 Å². The Morgan fingerprint density at radius 2 is 1.07 bits per heavy atom. The number of benzene rings is 4. The van der Waals surface area contributed by atoms with Gasteiger partial charge < -0.3 is 9.47 Å². The Hall–Kier alpha value is -4.70. The van der Waals surface area contributed by atoms with Crippen LogP contribution in [0.3, 0.4) is 0 Å². The van der Waals surface area contributed by atoms with Crippen LogP contribution >= 0.6 is 0 Å². The third kappa shape index (κ3) is 6.07. The van der Waals surface area contributed by atoms with Gasteiger partial charge in [-0.2, -0.15) is 0 Å². The minimum atomic E-state index is 0.755. The largest absolute Gasteiger partial charge is 0.346 e. The maximum Gasteiger partial charge on any atom is 0.157 e. The van der Waals surface area contributed by atoms with E-state index < -0.39 is 0 Å². The fraction of sp³-hybridized carbons (Fsp3) is 0.189. The van der Waals surface area contributed by atoms with Gasteiger partial charge in [-0.3, -0.25) is 0 Å². The second-order valence-corrected chi connectivity index (χ2v) is 10.7. The van der Waals surface area contributed by atoms with Crippen LogP contribution in [0.4, 0.5) is 5.82 Å². The lowest BCUT2D eigenvalue weighted by Crippen LogP contribution is -2.24. The van der Waals surface area contributed by atoms with Crippen LogP contribution in [0.15, 0.2) is 121 Å². The summed E-state index contributed by atoms with van der Waals surface area (Å²) in [5, 5.41) is 0. The Morgan fingerprint density at radius 1 is 0.585 bits per heavy atom. The highest BCUT2D eigenvalue weighted by Gasteiger charge is 2.23. The molecule has 0 fully saturated rings. The smallest absolute Gasteiger partial charge is 0.157 e. The quantitative estimate of drug-likeness (QED) is 0.177. The van der Waals surface area contributed by atoms with E-state index in [2.05, 4.69) is 145 Å². The lowest BCUT2D eigenvalue weighted by molar-refractivity contribution is 0.678. The summed E-state index contributed by atoms with van der Waals surface area (Å²) in [6.45, 7) is 6.70. The minimum absolute atomic E-state index is 0.755. The van der Waals surface area contributed by atoms with E-state index in [0.29, 0.717) is 0 Å². The normalized spacial score (nSPS) is 11.2. The van der Waals surface area contributed by atoms with Crippen LogP contribution in [0.1, 0.15) is 39.3 Å². The highest BCUT2D eigenvalue weighted by atomic mass is 15.2. The molecule has 0 aliphatic carbocycles. The molecule has 4 heteroatoms. The first-order valence-corrected chi connectivity index (χ1v) is 14.4. The van der Waals surface area contributed by atoms with Crippen LogP contribution < -0.4 is 4.90 Å². The molecule has 204 valence electrons. The number of fused-ring (bicyclic) bond motifs is 1. The molecular weight excluding hydrogens is 500 g/mol. The maximum absolute atomic E-state index is 5.39. The fourth-order valence-electron chi connectivity index (χ4n) is 5.58. The molecule has 0 amide bonds. The molecule has 6 rings (SSSR count). The van der Waals surface area contributed by atoms with Gasteiger partial charge in [0.1, 0.15) is 11.3 Å². The molecule has 0 atom stereocenters. The SMILES string of the molecule is Cc1nc(N(Cc2ccccc2)Cc2ccccc2)c2nc(Cc3ccccc3)n(CCc3ccccc3)c2c1C. The summed E-state index contributed by atoms with van der Waals surface area (Å²) < 4.78 is 2.45. The summed E-state index contributed by atoms with van der Waals surface area (Å²) in [6.07, 6.45) is 1.72. The number of hydrogen-bond donors (Lipinski definition) is 0. The molecule has 0 spiro atoms. The number of hydrogen-bond acceptors (Lipinski definition) is 3. The van der Waals surface area contributed by atoms with Gasteiger partial charge in [0.25, 0.3) is 0 Å². The summed E-state index contributed by atoms with van der Waals surface area (Å²) in [5.74, 6) is 2.03. The molecule has 0 bridgehead atoms. The van der Waals surface area contributed by atoms with E-state index >= 15 is 0 Å². The second-order valence-electron chi connectivity index (χ2n) is 10.7. The fourth-order valence-corrected chi connectivity index (χ4v) is 5.58. The molecule has 0 aliphatic rings. The number of pyridine rings is 1. The first-order chi connectivity index (χ1) is 20.2. The Bertz CT molecular complexity index is 1670. The molecule has 0 unspecified atom stereocenters. The third-order valence-corrected chi connectivity index (χ3v) is 7.83. The monoisotopic (exact) mass is 536 g/mol. The summed E-state index contributed by atoms with van der Waals surface area (Å²) >= 11 is 0. The first kappa shape index (κ1) is 26.5. The molecule has 0 saturated heterocycles. The molecule has 4 nitrogen and oxygen atoms in total. The van der Waals surface area contributed by atoms with E-state index in [1.165, 1.54) is 33.3 Å². The zero-order valence-electron chi connectivity index (χ0n) is 23.9. The predicted octanol–water partition coefficient (Wildman–Crippen LogP) is 8.09. The van der Waals surface area contributed by atoms with E-state index in [1.54, 1.807) is 0 Å². The van der Waals surface area contributed by atoms with Crippen molar-refractivity contribution in [3.05, 3.63) is 161 Å². The summed E-state index contributed by atoms with van der Waals surface area (Å²) in [7, 11) is 0. The number of aromatic nitrogens is 3. The van der Waals surface area contributed by atoms with Crippen LogP contribution in [0.2, 0.25) is 0 Å². The van der Waals surface area contributed by atoms with E-state index in [1.807, 2.05) is 0 Å². The van der Waals surface area contributed by atoms with E-state index in [4.69, 9.17) is 9.97 Å². The van der Waals surface area contributed by atoms with Gasteiger partial charge in [-0.25, -0.2) is 9.97 Å². The molecular formula is C37H36N4. The number of anilines is 1. The van der Waals surface area contributed by atoms with Crippen molar-refractivity contribution in [3.63, 3.8) is 0 Å². The zero-order valence-corrected chi connectivity index (χ0v) is 23.9. The van der Waals surface area contributed by atoms with Gasteiger partial charge in [-0.15, -0.1) is 0 Å². The molecule has 0 radical (unpaired) electrons. The van der Waals surface area contributed by atoms with Crippen molar-refractivity contribution in [2.75, 3.05) is 4.90 Å². The Kier molecular flexibility index (Phi) is 7.90. The molecule has 0 N–H and O–H groups in total. The van der Waals surface area contributed by atoms with Crippen LogP contribution in [0.5, 0.6) is 0 Å². The number of aryl methyl sites for hydroxylation is 4. The highest BCUT2D eigenvalue weighted by Crippen LogP contribution is 2.32. The standard InChI is InChI=1S/C37H36N4/c1-28-29(2)38-37(40(26-32-19-11-5-12-20-32)27-33-21-13-6-14-22-33)35-36(28)41(24-23-30-15-7-3-8-16-30)34(39-35)25-31-17-9-4-10-18-31/h3-22H,23-27H2,1-2H3. The lowest BCUT2D eigenvalue weighted by atomic mass is 10.1. The van der Waals surface area contributed by atoms with Crippen LogP contribution in [-0.2, 0) is 32.5 Å². The molecule has 6 aromatic rings. The Balaban J connectivity index is 1.49. The molecule has 4 aromatic carbocycles. The summed E-state index contributed by atoms with van der Waals surface area (Å²) in [4.78, 5) is 13.0. The van der Waals surface area contributed by atoms with Crippen molar-refractivity contribution in [1.29, 1.82) is 0 Å². The Morgan fingerprint density at radius 3 is 1.61 bits per heavy atom. The van der Waals surface area contributed by atoms with Crippen LogP contribution in [0.25, 0.3) is 11.0 Å². The highest BCUT2D eigenvalue weighted by molar-refractivity contribution is 5.90. The third-order valence-electron chi connectivity index (χ3n) is 7.83. The molecule has 2 aromatic heterocycles. The van der Waals surface area contributed by atoms with Crippen molar-refractivity contribution in [1.82, 2.24) is 14.5 Å². The number of rotatable bonds is 10. The predicted molar refractivity (Wildman–Crippen MR) is 169 cm³/mol. The Labute approximate surface area is 243 Å². The van der Waals surface area contributed by atoms with E-state index in [9.17, 15) is 0 Å². The van der Waals surface area contributed by atoms with Crippen molar-refractivity contribution < 1.29 is 0 Å². The minimum Gasteiger partial charge on any atom is -0.346 e. The van der Waals surface area contributed by atoms with Crippen molar-refractivity contribution in [2.24, 2.45) is 0 Å². The van der Waals surface area contributed by atoms with Crippen LogP contribution in [-0.4, -0.2) is 14.5 Å². The molecule has 0 aliphatic heterocycles. The second kappa shape index (κ2) is 12.2. The number of imidazole rings is 1. The van der Waals surface area contributed by atoms with Gasteiger partial charge in [0.05, 0.1) is 5.52 Å². The van der Waals surface area contributed by atoms with Gasteiger partial charge in [0.15, 0.2) is 5.82 Å². The average Bonchev–Trinajstić information content (AvgIpc) is 3.37. The number of nitrogens with zero attached hydrogens (tertiary/aromatic N) is 4. The average molecular weight is 537 g/mol. The maximum atomic E-state index is 5.39. The van der Waals surface area contributed by atoms with Gasteiger partial charge in [0, 0.05) is 31.7 Å². The molecule has 2 heterocycles. The van der Waals surface area contributed by atoms with Crippen molar-refractivity contribution in [3.8, 4) is 0 Å². The molecule has 41 heavy (non-hydrogen) atoms. The lowest BCUT2D eigenvalue weighted by Gasteiger charge is -2.25. The van der Waals surface area contributed by atoms with E-state index in [-0.39, 0.29) is 0 Å². The van der Waals surface area contributed by atoms with Crippen molar-refractivity contribution in [2.45, 2.75) is 46.3 Å². The van der Waals surface area contributed by atoms with Gasteiger partial charge >= 0.3 is 0 Å². The van der Waals surface area contributed by atoms with E-state index in [0.717, 1.165) is 55.3 Å². The van der Waals surface area contributed by atoms with Crippen molar-refractivity contribution >= 4 is 16.9 Å². The van der Waals surface area contributed by atoms with Gasteiger partial charge in [0.2, 0.25) is 0 Å².